The van der Waals surface area contributed by atoms with Gasteiger partial charge in [0.15, 0.2) is 0 Å². The molecule has 0 fully saturated rings. The maximum Gasteiger partial charge on any atom is 0.251 e. The average Bonchev–Trinajstić information content (AvgIpc) is 2.45. The van der Waals surface area contributed by atoms with Crippen molar-refractivity contribution in [3.05, 3.63) is 65.2 Å². The highest BCUT2D eigenvalue weighted by atomic mass is 16.5. The number of nitrogens with one attached hydrogen (secondary N) is 1. The van der Waals surface area contributed by atoms with Crippen LogP contribution in [0.2, 0.25) is 0 Å². The molecular formula is C16H17NO2. The molecule has 0 aliphatic rings. The van der Waals surface area contributed by atoms with Crippen molar-refractivity contribution in [1.82, 2.24) is 5.32 Å². The first-order chi connectivity index (χ1) is 9.19. The van der Waals surface area contributed by atoms with Gasteiger partial charge < -0.3 is 10.1 Å². The molecule has 0 atom stereocenters. The third-order valence-electron chi connectivity index (χ3n) is 2.81. The summed E-state index contributed by atoms with van der Waals surface area (Å²) in [4.78, 5) is 11.5. The van der Waals surface area contributed by atoms with E-state index in [0.717, 1.165) is 5.56 Å². The van der Waals surface area contributed by atoms with Crippen LogP contribution in [0, 0.1) is 6.92 Å². The number of rotatable bonds is 4. The summed E-state index contributed by atoms with van der Waals surface area (Å²) in [5, 5.41) is 2.60. The minimum Gasteiger partial charge on any atom is -0.489 e. The van der Waals surface area contributed by atoms with Crippen LogP contribution in [0.4, 0.5) is 0 Å². The molecule has 0 unspecified atom stereocenters. The van der Waals surface area contributed by atoms with E-state index in [0.29, 0.717) is 17.9 Å². The Bertz CT molecular complexity index is 578. The van der Waals surface area contributed by atoms with Crippen LogP contribution in [0.25, 0.3) is 0 Å². The van der Waals surface area contributed by atoms with E-state index >= 15 is 0 Å². The lowest BCUT2D eigenvalue weighted by molar-refractivity contribution is 0.0962. The Balaban J connectivity index is 2.05. The van der Waals surface area contributed by atoms with Crippen molar-refractivity contribution in [2.24, 2.45) is 0 Å². The zero-order chi connectivity index (χ0) is 13.7. The molecule has 0 radical (unpaired) electrons. The van der Waals surface area contributed by atoms with Crippen molar-refractivity contribution in [3.8, 4) is 5.75 Å². The largest absolute Gasteiger partial charge is 0.489 e. The van der Waals surface area contributed by atoms with E-state index in [4.69, 9.17) is 4.74 Å². The van der Waals surface area contributed by atoms with Gasteiger partial charge in [-0.05, 0) is 30.7 Å². The molecule has 0 spiro atoms. The molecule has 1 amide bonds. The summed E-state index contributed by atoms with van der Waals surface area (Å²) >= 11 is 0. The SMILES string of the molecule is CNC(=O)c1cccc(OCc2cccc(C)c2)c1. The van der Waals surface area contributed by atoms with Crippen LogP contribution in [0.1, 0.15) is 21.5 Å². The summed E-state index contributed by atoms with van der Waals surface area (Å²) < 4.78 is 5.70. The number of benzene rings is 2. The van der Waals surface area contributed by atoms with Crippen molar-refractivity contribution in [2.75, 3.05) is 7.05 Å². The van der Waals surface area contributed by atoms with Gasteiger partial charge in [0.1, 0.15) is 12.4 Å². The first-order valence-electron chi connectivity index (χ1n) is 6.19. The van der Waals surface area contributed by atoms with Gasteiger partial charge in [0.05, 0.1) is 0 Å². The Hall–Kier alpha value is -2.29. The van der Waals surface area contributed by atoms with Crippen LogP contribution in [-0.2, 0) is 6.61 Å². The van der Waals surface area contributed by atoms with Gasteiger partial charge >= 0.3 is 0 Å². The molecule has 0 aromatic heterocycles. The Kier molecular flexibility index (Phi) is 4.18. The highest BCUT2D eigenvalue weighted by Gasteiger charge is 2.04. The molecule has 0 saturated heterocycles. The van der Waals surface area contributed by atoms with E-state index in [1.165, 1.54) is 5.56 Å². The molecule has 0 aliphatic heterocycles. The number of hydrogen-bond donors (Lipinski definition) is 1. The van der Waals surface area contributed by atoms with Crippen LogP contribution in [0.15, 0.2) is 48.5 Å². The van der Waals surface area contributed by atoms with Crippen molar-refractivity contribution in [1.29, 1.82) is 0 Å². The van der Waals surface area contributed by atoms with Crippen molar-refractivity contribution >= 4 is 5.91 Å². The van der Waals surface area contributed by atoms with Gasteiger partial charge in [-0.25, -0.2) is 0 Å². The fourth-order valence-corrected chi connectivity index (χ4v) is 1.84. The first-order valence-corrected chi connectivity index (χ1v) is 6.19. The highest BCUT2D eigenvalue weighted by molar-refractivity contribution is 5.94. The number of hydrogen-bond acceptors (Lipinski definition) is 2. The summed E-state index contributed by atoms with van der Waals surface area (Å²) in [7, 11) is 1.61. The summed E-state index contributed by atoms with van der Waals surface area (Å²) in [6.07, 6.45) is 0. The second kappa shape index (κ2) is 6.05. The van der Waals surface area contributed by atoms with Crippen LogP contribution < -0.4 is 10.1 Å². The van der Waals surface area contributed by atoms with E-state index in [9.17, 15) is 4.79 Å². The van der Waals surface area contributed by atoms with Gasteiger partial charge in [-0.3, -0.25) is 4.79 Å². The lowest BCUT2D eigenvalue weighted by Gasteiger charge is -2.08. The zero-order valence-electron chi connectivity index (χ0n) is 11.1. The molecule has 98 valence electrons. The molecule has 2 aromatic rings. The van der Waals surface area contributed by atoms with E-state index in [1.807, 2.05) is 24.3 Å². The molecular weight excluding hydrogens is 238 g/mol. The molecule has 2 aromatic carbocycles. The monoisotopic (exact) mass is 255 g/mol. The van der Waals surface area contributed by atoms with E-state index in [-0.39, 0.29) is 5.91 Å². The minimum absolute atomic E-state index is 0.110. The topological polar surface area (TPSA) is 38.3 Å². The minimum atomic E-state index is -0.110. The fourth-order valence-electron chi connectivity index (χ4n) is 1.84. The maximum absolute atomic E-state index is 11.5. The Morgan fingerprint density at radius 2 is 1.95 bits per heavy atom. The number of carbonyl (C=O) groups excluding carboxylic acids is 1. The third-order valence-corrected chi connectivity index (χ3v) is 2.81. The van der Waals surface area contributed by atoms with Crippen LogP contribution >= 0.6 is 0 Å². The lowest BCUT2D eigenvalue weighted by atomic mass is 10.1. The normalized spacial score (nSPS) is 10.0. The predicted molar refractivity (Wildman–Crippen MR) is 75.3 cm³/mol. The van der Waals surface area contributed by atoms with Crippen LogP contribution in [0.5, 0.6) is 5.75 Å². The molecule has 0 aliphatic carbocycles. The molecule has 2 rings (SSSR count). The Morgan fingerprint density at radius 1 is 1.16 bits per heavy atom. The summed E-state index contributed by atoms with van der Waals surface area (Å²) in [5.41, 5.74) is 2.93. The predicted octanol–water partition coefficient (Wildman–Crippen LogP) is 2.93. The standard InChI is InChI=1S/C16H17NO2/c1-12-5-3-6-13(9-12)11-19-15-8-4-7-14(10-15)16(18)17-2/h3-10H,11H2,1-2H3,(H,17,18). The second-order valence-corrected chi connectivity index (χ2v) is 4.38. The summed E-state index contributed by atoms with van der Waals surface area (Å²) in [6.45, 7) is 2.55. The second-order valence-electron chi connectivity index (χ2n) is 4.38. The Labute approximate surface area is 113 Å². The third kappa shape index (κ3) is 3.58. The quantitative estimate of drug-likeness (QED) is 0.912. The molecule has 1 N–H and O–H groups in total. The molecule has 19 heavy (non-hydrogen) atoms. The maximum atomic E-state index is 11.5. The van der Waals surface area contributed by atoms with Gasteiger partial charge in [-0.15, -0.1) is 0 Å². The van der Waals surface area contributed by atoms with E-state index in [1.54, 1.807) is 19.2 Å². The zero-order valence-corrected chi connectivity index (χ0v) is 11.1. The Morgan fingerprint density at radius 3 is 2.68 bits per heavy atom. The van der Waals surface area contributed by atoms with E-state index in [2.05, 4.69) is 24.4 Å². The number of amides is 1. The van der Waals surface area contributed by atoms with E-state index < -0.39 is 0 Å². The van der Waals surface area contributed by atoms with Gasteiger partial charge in [0, 0.05) is 12.6 Å². The fraction of sp³-hybridized carbons (Fsp3) is 0.188. The molecule has 0 bridgehead atoms. The molecule has 3 heteroatoms. The van der Waals surface area contributed by atoms with Crippen molar-refractivity contribution in [3.63, 3.8) is 0 Å². The molecule has 3 nitrogen and oxygen atoms in total. The van der Waals surface area contributed by atoms with Gasteiger partial charge in [-0.2, -0.15) is 0 Å². The molecule has 0 heterocycles. The highest BCUT2D eigenvalue weighted by Crippen LogP contribution is 2.15. The molecule has 0 saturated carbocycles. The summed E-state index contributed by atoms with van der Waals surface area (Å²) in [6, 6.07) is 15.3. The number of aryl methyl sites for hydroxylation is 1. The van der Waals surface area contributed by atoms with Crippen molar-refractivity contribution in [2.45, 2.75) is 13.5 Å². The summed E-state index contributed by atoms with van der Waals surface area (Å²) in [5.74, 6) is 0.587. The number of ether oxygens (including phenoxy) is 1. The average molecular weight is 255 g/mol. The van der Waals surface area contributed by atoms with Gasteiger partial charge in [0.25, 0.3) is 5.91 Å². The van der Waals surface area contributed by atoms with Gasteiger partial charge in [0.2, 0.25) is 0 Å². The number of carbonyl (C=O) groups is 1. The lowest BCUT2D eigenvalue weighted by Crippen LogP contribution is -2.17. The van der Waals surface area contributed by atoms with Crippen LogP contribution in [0.3, 0.4) is 0 Å². The van der Waals surface area contributed by atoms with Crippen molar-refractivity contribution < 1.29 is 9.53 Å². The first kappa shape index (κ1) is 13.1. The smallest absolute Gasteiger partial charge is 0.251 e. The van der Waals surface area contributed by atoms with Crippen LogP contribution in [-0.4, -0.2) is 13.0 Å². The van der Waals surface area contributed by atoms with Gasteiger partial charge in [-0.1, -0.05) is 35.9 Å².